The van der Waals surface area contributed by atoms with Crippen molar-refractivity contribution in [2.45, 2.75) is 215 Å². The molecule has 0 bridgehead atoms. The van der Waals surface area contributed by atoms with Crippen LogP contribution in [0.4, 0.5) is 0 Å². The summed E-state index contributed by atoms with van der Waals surface area (Å²) in [6.07, 6.45) is -4.48. The van der Waals surface area contributed by atoms with Crippen molar-refractivity contribution in [3.63, 3.8) is 0 Å². The number of hydrogen-bond donors (Lipinski definition) is 5. The van der Waals surface area contributed by atoms with Crippen molar-refractivity contribution in [2.75, 3.05) is 27.2 Å². The number of carbonyl (C=O) groups excluding carboxylic acids is 10. The van der Waals surface area contributed by atoms with Crippen molar-refractivity contribution in [1.29, 1.82) is 0 Å². The van der Waals surface area contributed by atoms with Crippen LogP contribution in [0.3, 0.4) is 0 Å². The molecule has 420 valence electrons. The summed E-state index contributed by atoms with van der Waals surface area (Å²) < 4.78 is 11.8. The minimum Gasteiger partial charge on any atom is -0.458 e. The lowest BCUT2D eigenvalue weighted by Crippen LogP contribution is -2.62. The van der Waals surface area contributed by atoms with E-state index in [0.29, 0.717) is 19.3 Å². The third-order valence-electron chi connectivity index (χ3n) is 14.6. The van der Waals surface area contributed by atoms with Crippen molar-refractivity contribution in [1.82, 2.24) is 35.6 Å². The van der Waals surface area contributed by atoms with E-state index in [1.165, 1.54) is 54.5 Å². The number of likely N-dealkylation sites (N-methyl/N-ethyl adjacent to an activating group) is 2. The molecule has 13 atom stereocenters. The Balaban J connectivity index is 2.22. The van der Waals surface area contributed by atoms with Crippen LogP contribution in [0.25, 0.3) is 0 Å². The van der Waals surface area contributed by atoms with E-state index >= 15 is 0 Å². The van der Waals surface area contributed by atoms with Gasteiger partial charge < -0.3 is 55.2 Å². The first-order valence-electron chi connectivity index (χ1n) is 26.8. The molecule has 3 heterocycles. The molecule has 0 radical (unpaired) electrons. The lowest BCUT2D eigenvalue weighted by Gasteiger charge is -2.36. The average Bonchev–Trinajstić information content (AvgIpc) is 4.03. The topological polar surface area (TPSA) is 279 Å². The van der Waals surface area contributed by atoms with Crippen LogP contribution < -0.4 is 16.0 Å². The van der Waals surface area contributed by atoms with Crippen molar-refractivity contribution >= 4 is 59.1 Å². The van der Waals surface area contributed by atoms with Gasteiger partial charge in [-0.15, -0.1) is 0 Å². The third kappa shape index (κ3) is 16.4. The monoisotopic (exact) mass is 1050 g/mol. The van der Waals surface area contributed by atoms with E-state index < -0.39 is 150 Å². The Morgan fingerprint density at radius 1 is 0.811 bits per heavy atom. The van der Waals surface area contributed by atoms with Crippen molar-refractivity contribution in [3.05, 3.63) is 0 Å². The van der Waals surface area contributed by atoms with Crippen LogP contribution in [0, 0.1) is 35.5 Å². The molecule has 0 spiro atoms. The highest BCUT2D eigenvalue weighted by Gasteiger charge is 2.46. The van der Waals surface area contributed by atoms with Gasteiger partial charge in [0.1, 0.15) is 48.5 Å². The van der Waals surface area contributed by atoms with Crippen molar-refractivity contribution in [3.8, 4) is 0 Å². The summed E-state index contributed by atoms with van der Waals surface area (Å²) in [5, 5.41) is 30.1. The molecule has 21 nitrogen and oxygen atoms in total. The largest absolute Gasteiger partial charge is 0.458 e. The quantitative estimate of drug-likeness (QED) is 0.123. The number of Topliss-reactive ketones (excluding diaryl/α,β-unsaturated/α-hetero) is 1. The van der Waals surface area contributed by atoms with Gasteiger partial charge in [-0.05, 0) is 95.3 Å². The fraction of sp³-hybridized carbons (Fsp3) is 0.811. The molecule has 0 saturated carbocycles. The summed E-state index contributed by atoms with van der Waals surface area (Å²) in [6.45, 7) is 22.2. The van der Waals surface area contributed by atoms with Gasteiger partial charge in [-0.3, -0.25) is 43.2 Å². The van der Waals surface area contributed by atoms with Gasteiger partial charge in [-0.1, -0.05) is 75.7 Å². The number of amides is 7. The molecular weight excluding hydrogens is 959 g/mol. The number of nitrogens with zero attached hydrogens (tertiary/aromatic N) is 4. The van der Waals surface area contributed by atoms with Crippen LogP contribution in [0.5, 0.6) is 0 Å². The zero-order chi connectivity index (χ0) is 56.2. The molecule has 74 heavy (non-hydrogen) atoms. The van der Waals surface area contributed by atoms with E-state index in [1.54, 1.807) is 27.7 Å². The minimum absolute atomic E-state index is 0.0878. The second-order valence-electron chi connectivity index (χ2n) is 22.5. The molecule has 5 N–H and O–H groups in total. The maximum Gasteiger partial charge on any atom is 0.329 e. The SMILES string of the molecule is CC[C@H](C)[C@H]1NC(=O)[C@@H](NC(=O)[C@@H](CC(C)C)N(C)C(=O)C2CCCN2C(=O)[C@H](C)O)[C@@H](C)OC(=O)[C@H](CC(C)C)N(C)C(=O)C2CCCN2C(=O)[C@H](CC(C)C)NC(=O)[C@@H](C)C(=O)[C@H](C(C)C)OC(=O)C[C@@H]1O. The highest BCUT2D eigenvalue weighted by Crippen LogP contribution is 2.27. The summed E-state index contributed by atoms with van der Waals surface area (Å²) in [6, 6.07) is -8.55. The average molecular weight is 1050 g/mol. The van der Waals surface area contributed by atoms with Crippen LogP contribution in [-0.2, 0) is 57.4 Å². The molecule has 0 aromatic carbocycles. The second-order valence-corrected chi connectivity index (χ2v) is 22.5. The standard InChI is InChI=1S/C53H89N7O14/c1-16-31(10)42-40(62)26-41(63)74-45(30(8)9)44(64)32(11)46(65)54-35(23-27(2)3)50(69)60-22-18-20-37(60)52(71)58(15)39(25-29(6)7)53(72)73-34(13)43(48(67)55-42)56-47(66)38(24-28(4)5)57(14)51(70)36-19-17-21-59(36)49(68)33(12)61/h27-40,42-43,45,61-62H,16-26H2,1-15H3,(H,54,65)(H,55,67)(H,56,66)/t31-,32-,33-,34+,35-,36?,37?,38+,39-,40-,42+,43-,45-/m0/s1. The molecule has 2 unspecified atom stereocenters. The number of fused-ring (bicyclic) bond motifs is 1. The van der Waals surface area contributed by atoms with Gasteiger partial charge in [-0.25, -0.2) is 4.79 Å². The number of hydrogen-bond acceptors (Lipinski definition) is 14. The van der Waals surface area contributed by atoms with Crippen LogP contribution in [-0.4, -0.2) is 183 Å². The van der Waals surface area contributed by atoms with E-state index in [0.717, 1.165) is 0 Å². The van der Waals surface area contributed by atoms with Crippen LogP contribution in [0.2, 0.25) is 0 Å². The number of likely N-dealkylation sites (tertiary alicyclic amines) is 1. The molecule has 3 saturated heterocycles. The number of ether oxygens (including phenoxy) is 2. The number of aliphatic hydroxyl groups is 2. The van der Waals surface area contributed by atoms with Crippen LogP contribution in [0.1, 0.15) is 148 Å². The van der Waals surface area contributed by atoms with Crippen molar-refractivity contribution < 1.29 is 67.6 Å². The number of esters is 2. The van der Waals surface area contributed by atoms with E-state index in [4.69, 9.17) is 9.47 Å². The Morgan fingerprint density at radius 3 is 1.97 bits per heavy atom. The number of aliphatic hydroxyl groups excluding tert-OH is 2. The molecular formula is C53H89N7O14. The maximum absolute atomic E-state index is 14.8. The maximum atomic E-state index is 14.8. The van der Waals surface area contributed by atoms with Gasteiger partial charge in [0.25, 0.3) is 5.91 Å². The van der Waals surface area contributed by atoms with Gasteiger partial charge in [0.2, 0.25) is 35.4 Å². The molecule has 0 aliphatic carbocycles. The van der Waals surface area contributed by atoms with Crippen LogP contribution in [0.15, 0.2) is 0 Å². The highest BCUT2D eigenvalue weighted by atomic mass is 16.6. The molecule has 3 rings (SSSR count). The number of rotatable bonds is 14. The Bertz CT molecular complexity index is 2010. The normalized spacial score (nSPS) is 28.9. The third-order valence-corrected chi connectivity index (χ3v) is 14.6. The Hall–Kier alpha value is -5.18. The highest BCUT2D eigenvalue weighted by molar-refractivity contribution is 6.05. The molecule has 3 aliphatic rings. The summed E-state index contributed by atoms with van der Waals surface area (Å²) in [5.74, 6) is -10.6. The van der Waals surface area contributed by atoms with Gasteiger partial charge in [0.15, 0.2) is 11.9 Å². The van der Waals surface area contributed by atoms with E-state index in [2.05, 4.69) is 16.0 Å². The van der Waals surface area contributed by atoms with Gasteiger partial charge >= 0.3 is 11.9 Å². The first kappa shape index (κ1) is 63.1. The van der Waals surface area contributed by atoms with Crippen molar-refractivity contribution in [2.24, 2.45) is 35.5 Å². The molecule has 3 aliphatic heterocycles. The van der Waals surface area contributed by atoms with E-state index in [1.807, 2.05) is 41.5 Å². The summed E-state index contributed by atoms with van der Waals surface area (Å²) in [4.78, 5) is 147. The Labute approximate surface area is 438 Å². The number of cyclic esters (lactones) is 2. The van der Waals surface area contributed by atoms with Gasteiger partial charge in [0, 0.05) is 27.2 Å². The van der Waals surface area contributed by atoms with E-state index in [9.17, 15) is 58.2 Å². The molecule has 7 amide bonds. The fourth-order valence-electron chi connectivity index (χ4n) is 10.0. The van der Waals surface area contributed by atoms with Crippen LogP contribution >= 0.6 is 0 Å². The Kier molecular flexibility index (Phi) is 24.0. The fourth-order valence-corrected chi connectivity index (χ4v) is 10.0. The first-order valence-corrected chi connectivity index (χ1v) is 26.8. The van der Waals surface area contributed by atoms with Gasteiger partial charge in [-0.2, -0.15) is 0 Å². The number of nitrogens with one attached hydrogen (secondary N) is 3. The predicted octanol–water partition coefficient (Wildman–Crippen LogP) is 2.11. The first-order chi connectivity index (χ1) is 34.4. The molecule has 21 heteroatoms. The molecule has 0 aromatic rings. The summed E-state index contributed by atoms with van der Waals surface area (Å²) >= 11 is 0. The van der Waals surface area contributed by atoms with E-state index in [-0.39, 0.29) is 62.9 Å². The smallest absolute Gasteiger partial charge is 0.329 e. The second kappa shape index (κ2) is 28.1. The minimum atomic E-state index is -1.72. The zero-order valence-electron chi connectivity index (χ0n) is 46.7. The number of carbonyl (C=O) groups is 10. The van der Waals surface area contributed by atoms with Gasteiger partial charge in [0.05, 0.1) is 24.5 Å². The predicted molar refractivity (Wildman–Crippen MR) is 273 cm³/mol. The molecule has 0 aromatic heterocycles. The lowest BCUT2D eigenvalue weighted by atomic mass is 9.91. The number of ketones is 1. The molecule has 3 fully saturated rings. The Morgan fingerprint density at radius 2 is 1.42 bits per heavy atom. The lowest BCUT2D eigenvalue weighted by molar-refractivity contribution is -0.163. The zero-order valence-corrected chi connectivity index (χ0v) is 46.7. The summed E-state index contributed by atoms with van der Waals surface area (Å²) in [7, 11) is 2.84. The summed E-state index contributed by atoms with van der Waals surface area (Å²) in [5.41, 5.74) is 0.